The third kappa shape index (κ3) is 3.96. The monoisotopic (exact) mass is 280 g/mol. The van der Waals surface area contributed by atoms with E-state index in [9.17, 15) is 14.7 Å². The zero-order chi connectivity index (χ0) is 15.3. The van der Waals surface area contributed by atoms with E-state index in [4.69, 9.17) is 5.11 Å². The second kappa shape index (κ2) is 6.91. The lowest BCUT2D eigenvalue weighted by molar-refractivity contribution is 0.0697. The molecule has 6 heteroatoms. The lowest BCUT2D eigenvalue weighted by Gasteiger charge is -2.26. The average molecular weight is 280 g/mol. The lowest BCUT2D eigenvalue weighted by Crippen LogP contribution is -2.40. The van der Waals surface area contributed by atoms with Gasteiger partial charge in [0.25, 0.3) is 0 Å². The molecule has 1 aromatic carbocycles. The van der Waals surface area contributed by atoms with Crippen LogP contribution >= 0.6 is 0 Å². The highest BCUT2D eigenvalue weighted by atomic mass is 16.4. The Hall–Kier alpha value is -2.08. The number of aliphatic hydroxyl groups excluding tert-OH is 1. The summed E-state index contributed by atoms with van der Waals surface area (Å²) >= 11 is 0. The normalized spacial score (nSPS) is 11.8. The van der Waals surface area contributed by atoms with Gasteiger partial charge < -0.3 is 15.1 Å². The van der Waals surface area contributed by atoms with Crippen LogP contribution in [-0.4, -0.2) is 53.9 Å². The van der Waals surface area contributed by atoms with Crippen molar-refractivity contribution in [2.45, 2.75) is 19.4 Å². The van der Waals surface area contributed by atoms with Gasteiger partial charge in [-0.2, -0.15) is 0 Å². The van der Waals surface area contributed by atoms with Gasteiger partial charge in [-0.15, -0.1) is 0 Å². The van der Waals surface area contributed by atoms with Crippen molar-refractivity contribution in [2.75, 3.05) is 25.5 Å². The Bertz CT molecular complexity index is 488. The molecule has 1 rings (SSSR count). The van der Waals surface area contributed by atoms with E-state index >= 15 is 0 Å². The molecule has 0 aromatic heterocycles. The highest BCUT2D eigenvalue weighted by Crippen LogP contribution is 2.20. The van der Waals surface area contributed by atoms with E-state index in [1.165, 1.54) is 22.9 Å². The third-order valence-electron chi connectivity index (χ3n) is 2.99. The summed E-state index contributed by atoms with van der Waals surface area (Å²) in [5.41, 5.74) is 0.418. The number of urea groups is 1. The molecule has 0 fully saturated rings. The summed E-state index contributed by atoms with van der Waals surface area (Å²) in [5.74, 6) is -1.08. The fraction of sp³-hybridized carbons (Fsp3) is 0.429. The number of aromatic carboxylic acids is 1. The van der Waals surface area contributed by atoms with Crippen LogP contribution in [0.1, 0.15) is 23.7 Å². The maximum Gasteiger partial charge on any atom is 0.337 e. The number of nitrogens with zero attached hydrogens (tertiary/aromatic N) is 2. The number of rotatable bonds is 5. The fourth-order valence-electron chi connectivity index (χ4n) is 1.78. The summed E-state index contributed by atoms with van der Waals surface area (Å²) in [5, 5.41) is 18.4. The van der Waals surface area contributed by atoms with Gasteiger partial charge in [0, 0.05) is 20.6 Å². The van der Waals surface area contributed by atoms with Gasteiger partial charge in [-0.1, -0.05) is 12.1 Å². The van der Waals surface area contributed by atoms with Gasteiger partial charge in [-0.25, -0.2) is 9.59 Å². The first-order chi connectivity index (χ1) is 9.34. The van der Waals surface area contributed by atoms with Gasteiger partial charge in [0.05, 0.1) is 17.4 Å². The molecular formula is C14H20N2O4. The summed E-state index contributed by atoms with van der Waals surface area (Å²) in [6, 6.07) is 6.02. The number of anilines is 1. The summed E-state index contributed by atoms with van der Waals surface area (Å²) in [4.78, 5) is 26.1. The molecule has 1 aromatic rings. The number of carbonyl (C=O) groups is 2. The quantitative estimate of drug-likeness (QED) is 0.859. The first kappa shape index (κ1) is 16.0. The average Bonchev–Trinajstić information content (AvgIpc) is 2.42. The standard InChI is InChI=1S/C14H20N2O4/c1-10(17)8-9-15(2)14(20)16(3)12-7-5-4-6-11(12)13(18)19/h4-7,10,17H,8-9H2,1-3H3,(H,18,19). The Balaban J connectivity index is 2.86. The van der Waals surface area contributed by atoms with Crippen LogP contribution in [0.2, 0.25) is 0 Å². The van der Waals surface area contributed by atoms with E-state index in [0.29, 0.717) is 18.7 Å². The van der Waals surface area contributed by atoms with Crippen LogP contribution in [0.15, 0.2) is 24.3 Å². The molecule has 6 nitrogen and oxygen atoms in total. The largest absolute Gasteiger partial charge is 0.478 e. The maximum absolute atomic E-state index is 12.2. The number of benzene rings is 1. The number of hydrogen-bond donors (Lipinski definition) is 2. The van der Waals surface area contributed by atoms with Crippen LogP contribution in [0.25, 0.3) is 0 Å². The molecule has 0 aliphatic heterocycles. The Kier molecular flexibility index (Phi) is 5.52. The minimum absolute atomic E-state index is 0.0762. The van der Waals surface area contributed by atoms with Crippen LogP contribution in [0, 0.1) is 0 Å². The molecule has 0 saturated carbocycles. The predicted molar refractivity (Wildman–Crippen MR) is 76.1 cm³/mol. The summed E-state index contributed by atoms with van der Waals surface area (Å²) in [7, 11) is 3.15. The highest BCUT2D eigenvalue weighted by Gasteiger charge is 2.20. The zero-order valence-corrected chi connectivity index (χ0v) is 11.9. The first-order valence-electron chi connectivity index (χ1n) is 6.33. The highest BCUT2D eigenvalue weighted by molar-refractivity contribution is 6.00. The van der Waals surface area contributed by atoms with Crippen molar-refractivity contribution in [3.63, 3.8) is 0 Å². The van der Waals surface area contributed by atoms with E-state index in [1.54, 1.807) is 32.2 Å². The molecule has 0 aliphatic carbocycles. The van der Waals surface area contributed by atoms with Gasteiger partial charge in [0.2, 0.25) is 0 Å². The second-order valence-electron chi connectivity index (χ2n) is 4.72. The Morgan fingerprint density at radius 2 is 1.85 bits per heavy atom. The van der Waals surface area contributed by atoms with E-state index in [2.05, 4.69) is 0 Å². The molecule has 1 atom stereocenters. The molecule has 20 heavy (non-hydrogen) atoms. The van der Waals surface area contributed by atoms with Gasteiger partial charge >= 0.3 is 12.0 Å². The van der Waals surface area contributed by atoms with E-state index in [1.807, 2.05) is 0 Å². The molecule has 0 radical (unpaired) electrons. The zero-order valence-electron chi connectivity index (χ0n) is 11.9. The number of carboxylic acids is 1. The molecular weight excluding hydrogens is 260 g/mol. The maximum atomic E-state index is 12.2. The molecule has 0 spiro atoms. The number of aliphatic hydroxyl groups is 1. The molecule has 0 saturated heterocycles. The predicted octanol–water partition coefficient (Wildman–Crippen LogP) is 1.64. The van der Waals surface area contributed by atoms with Crippen molar-refractivity contribution in [2.24, 2.45) is 0 Å². The van der Waals surface area contributed by atoms with Gasteiger partial charge in [-0.3, -0.25) is 4.90 Å². The van der Waals surface area contributed by atoms with Crippen LogP contribution < -0.4 is 4.90 Å². The Labute approximate surface area is 118 Å². The number of carboxylic acid groups (broad SMARTS) is 1. The van der Waals surface area contributed by atoms with Crippen molar-refractivity contribution in [1.82, 2.24) is 4.90 Å². The molecule has 2 N–H and O–H groups in total. The van der Waals surface area contributed by atoms with Gasteiger partial charge in [-0.05, 0) is 25.5 Å². The first-order valence-corrected chi connectivity index (χ1v) is 6.33. The van der Waals surface area contributed by atoms with Crippen molar-refractivity contribution >= 4 is 17.7 Å². The fourth-order valence-corrected chi connectivity index (χ4v) is 1.78. The van der Waals surface area contributed by atoms with Crippen molar-refractivity contribution in [3.8, 4) is 0 Å². The smallest absolute Gasteiger partial charge is 0.337 e. The molecule has 0 bridgehead atoms. The SMILES string of the molecule is CC(O)CCN(C)C(=O)N(C)c1ccccc1C(=O)O. The number of amides is 2. The minimum Gasteiger partial charge on any atom is -0.478 e. The molecule has 110 valence electrons. The van der Waals surface area contributed by atoms with Crippen LogP contribution in [-0.2, 0) is 0 Å². The van der Waals surface area contributed by atoms with Crippen LogP contribution in [0.3, 0.4) is 0 Å². The molecule has 0 aliphatic rings. The Morgan fingerprint density at radius 3 is 2.40 bits per heavy atom. The Morgan fingerprint density at radius 1 is 1.25 bits per heavy atom. The topological polar surface area (TPSA) is 81.1 Å². The third-order valence-corrected chi connectivity index (χ3v) is 2.99. The summed E-state index contributed by atoms with van der Waals surface area (Å²) in [6.45, 7) is 2.05. The number of hydrogen-bond acceptors (Lipinski definition) is 3. The van der Waals surface area contributed by atoms with E-state index < -0.39 is 12.1 Å². The summed E-state index contributed by atoms with van der Waals surface area (Å²) < 4.78 is 0. The van der Waals surface area contributed by atoms with Gasteiger partial charge in [0.1, 0.15) is 0 Å². The van der Waals surface area contributed by atoms with Crippen molar-refractivity contribution in [1.29, 1.82) is 0 Å². The van der Waals surface area contributed by atoms with E-state index in [-0.39, 0.29) is 11.6 Å². The van der Waals surface area contributed by atoms with Crippen LogP contribution in [0.4, 0.5) is 10.5 Å². The number of carbonyl (C=O) groups excluding carboxylic acids is 1. The van der Waals surface area contributed by atoms with Crippen LogP contribution in [0.5, 0.6) is 0 Å². The van der Waals surface area contributed by atoms with Crippen molar-refractivity contribution < 1.29 is 19.8 Å². The summed E-state index contributed by atoms with van der Waals surface area (Å²) in [6.07, 6.45) is -0.0155. The van der Waals surface area contributed by atoms with Gasteiger partial charge in [0.15, 0.2) is 0 Å². The minimum atomic E-state index is -1.08. The second-order valence-corrected chi connectivity index (χ2v) is 4.72. The van der Waals surface area contributed by atoms with E-state index in [0.717, 1.165) is 0 Å². The molecule has 0 heterocycles. The van der Waals surface area contributed by atoms with Crippen molar-refractivity contribution in [3.05, 3.63) is 29.8 Å². The lowest BCUT2D eigenvalue weighted by atomic mass is 10.1. The molecule has 1 unspecified atom stereocenters. The molecule has 2 amide bonds. The number of para-hydroxylation sites is 1.